The maximum Gasteiger partial charge on any atom is 0.348 e. The predicted molar refractivity (Wildman–Crippen MR) is 114 cm³/mol. The zero-order chi connectivity index (χ0) is 20.7. The van der Waals surface area contributed by atoms with Gasteiger partial charge in [0, 0.05) is 17.6 Å². The molecule has 4 heterocycles. The highest BCUT2D eigenvalue weighted by molar-refractivity contribution is 7.20. The van der Waals surface area contributed by atoms with Gasteiger partial charge in [-0.25, -0.2) is 14.5 Å². The highest BCUT2D eigenvalue weighted by atomic mass is 32.1. The van der Waals surface area contributed by atoms with Gasteiger partial charge in [0.2, 0.25) is 0 Å². The maximum atomic E-state index is 12.6. The second-order valence-electron chi connectivity index (χ2n) is 6.75. The minimum atomic E-state index is -0.453. The van der Waals surface area contributed by atoms with Gasteiger partial charge in [0.15, 0.2) is 0 Å². The number of carbonyl (C=O) groups is 1. The zero-order valence-electron chi connectivity index (χ0n) is 16.0. The number of hydrogen-bond donors (Lipinski definition) is 0. The molecule has 0 aliphatic rings. The van der Waals surface area contributed by atoms with Gasteiger partial charge in [-0.1, -0.05) is 24.3 Å². The van der Waals surface area contributed by atoms with E-state index in [0.717, 1.165) is 21.6 Å². The summed E-state index contributed by atoms with van der Waals surface area (Å²) >= 11 is 1.33. The van der Waals surface area contributed by atoms with Gasteiger partial charge in [-0.3, -0.25) is 9.20 Å². The Morgan fingerprint density at radius 3 is 2.73 bits per heavy atom. The van der Waals surface area contributed by atoms with Crippen molar-refractivity contribution in [3.8, 4) is 5.69 Å². The molecule has 0 atom stereocenters. The Bertz CT molecular complexity index is 1450. The second kappa shape index (κ2) is 7.23. The molecule has 0 aliphatic heterocycles. The quantitative estimate of drug-likeness (QED) is 0.417. The molecule has 0 saturated carbocycles. The Kier molecular flexibility index (Phi) is 4.40. The van der Waals surface area contributed by atoms with Gasteiger partial charge in [-0.05, 0) is 37.3 Å². The molecule has 0 N–H and O–H groups in total. The molecular weight excluding hydrogens is 400 g/mol. The van der Waals surface area contributed by atoms with E-state index in [2.05, 4.69) is 10.1 Å². The number of para-hydroxylation sites is 1. The largest absolute Gasteiger partial charge is 0.455 e. The van der Waals surface area contributed by atoms with Crippen molar-refractivity contribution < 1.29 is 9.53 Å². The molecule has 1 aromatic carbocycles. The Hall–Kier alpha value is -3.78. The van der Waals surface area contributed by atoms with Crippen molar-refractivity contribution in [2.24, 2.45) is 0 Å². The molecule has 4 aromatic heterocycles. The van der Waals surface area contributed by atoms with Crippen molar-refractivity contribution in [2.45, 2.75) is 13.5 Å². The summed E-state index contributed by atoms with van der Waals surface area (Å²) in [5.41, 5.74) is 2.47. The second-order valence-corrected chi connectivity index (χ2v) is 7.78. The Morgan fingerprint density at radius 2 is 1.90 bits per heavy atom. The molecule has 0 amide bonds. The minimum absolute atomic E-state index is 0.0719. The number of esters is 1. The maximum absolute atomic E-state index is 12.6. The van der Waals surface area contributed by atoms with Gasteiger partial charge >= 0.3 is 5.97 Å². The lowest BCUT2D eigenvalue weighted by Gasteiger charge is -2.05. The summed E-state index contributed by atoms with van der Waals surface area (Å²) in [6, 6.07) is 18.2. The summed E-state index contributed by atoms with van der Waals surface area (Å²) in [5, 5.41) is 5.50. The molecule has 7 nitrogen and oxygen atoms in total. The van der Waals surface area contributed by atoms with E-state index >= 15 is 0 Å². The van der Waals surface area contributed by atoms with Crippen molar-refractivity contribution in [3.63, 3.8) is 0 Å². The smallest absolute Gasteiger partial charge is 0.348 e. The number of aromatic nitrogens is 4. The molecule has 0 aliphatic carbocycles. The molecule has 5 aromatic rings. The van der Waals surface area contributed by atoms with Crippen LogP contribution in [0.2, 0.25) is 0 Å². The van der Waals surface area contributed by atoms with Gasteiger partial charge in [0.05, 0.1) is 17.1 Å². The lowest BCUT2D eigenvalue weighted by Crippen LogP contribution is -2.16. The van der Waals surface area contributed by atoms with Crippen LogP contribution in [0.1, 0.15) is 21.1 Å². The fraction of sp³-hybridized carbons (Fsp3) is 0.0909. The van der Waals surface area contributed by atoms with Crippen molar-refractivity contribution in [2.75, 3.05) is 0 Å². The Balaban J connectivity index is 1.41. The lowest BCUT2D eigenvalue weighted by atomic mass is 10.3. The van der Waals surface area contributed by atoms with Gasteiger partial charge in [-0.2, -0.15) is 5.10 Å². The first-order valence-corrected chi connectivity index (χ1v) is 10.1. The summed E-state index contributed by atoms with van der Waals surface area (Å²) in [6.07, 6.45) is 1.65. The fourth-order valence-electron chi connectivity index (χ4n) is 3.28. The van der Waals surface area contributed by atoms with Gasteiger partial charge in [-0.15, -0.1) is 11.3 Å². The van der Waals surface area contributed by atoms with E-state index < -0.39 is 5.97 Å². The van der Waals surface area contributed by atoms with E-state index in [1.807, 2.05) is 41.9 Å². The Labute approximate surface area is 174 Å². The highest BCUT2D eigenvalue weighted by Gasteiger charge is 2.18. The molecule has 0 saturated heterocycles. The highest BCUT2D eigenvalue weighted by Crippen LogP contribution is 2.30. The van der Waals surface area contributed by atoms with Crippen LogP contribution in [-0.2, 0) is 11.3 Å². The summed E-state index contributed by atoms with van der Waals surface area (Å²) in [4.78, 5) is 30.6. The summed E-state index contributed by atoms with van der Waals surface area (Å²) in [7, 11) is 0. The first kappa shape index (κ1) is 18.3. The zero-order valence-corrected chi connectivity index (χ0v) is 16.8. The van der Waals surface area contributed by atoms with Gasteiger partial charge in [0.1, 0.15) is 22.0 Å². The van der Waals surface area contributed by atoms with E-state index in [-0.39, 0.29) is 12.2 Å². The van der Waals surface area contributed by atoms with Gasteiger partial charge < -0.3 is 4.74 Å². The first-order valence-electron chi connectivity index (χ1n) is 9.29. The van der Waals surface area contributed by atoms with Crippen LogP contribution in [-0.4, -0.2) is 25.1 Å². The van der Waals surface area contributed by atoms with Crippen LogP contribution in [0.5, 0.6) is 0 Å². The average molecular weight is 416 g/mol. The van der Waals surface area contributed by atoms with E-state index in [4.69, 9.17) is 4.74 Å². The van der Waals surface area contributed by atoms with Crippen LogP contribution in [0.15, 0.2) is 71.7 Å². The van der Waals surface area contributed by atoms with Crippen LogP contribution >= 0.6 is 11.3 Å². The van der Waals surface area contributed by atoms with E-state index in [1.165, 1.54) is 21.8 Å². The van der Waals surface area contributed by atoms with Crippen LogP contribution in [0.3, 0.4) is 0 Å². The standard InChI is InChI=1S/C22H16N4O3S/c1-14-17-12-18(30-21(17)26(24-14)16-7-3-2-4-8-16)22(28)29-13-15-11-20(27)25-10-6-5-9-19(25)23-15/h2-12H,13H2,1H3. The summed E-state index contributed by atoms with van der Waals surface area (Å²) in [5.74, 6) is -0.453. The predicted octanol–water partition coefficient (Wildman–Crippen LogP) is 3.76. The molecule has 0 spiro atoms. The van der Waals surface area contributed by atoms with Crippen LogP contribution < -0.4 is 5.56 Å². The number of hydrogen-bond acceptors (Lipinski definition) is 6. The van der Waals surface area contributed by atoms with E-state index in [9.17, 15) is 9.59 Å². The SMILES string of the molecule is Cc1nn(-c2ccccc2)c2sc(C(=O)OCc3cc(=O)n4ccccc4n3)cc12. The molecule has 8 heteroatoms. The Morgan fingerprint density at radius 1 is 1.10 bits per heavy atom. The van der Waals surface area contributed by atoms with Crippen molar-refractivity contribution in [1.82, 2.24) is 19.2 Å². The molecule has 0 radical (unpaired) electrons. The van der Waals surface area contributed by atoms with Gasteiger partial charge in [0.25, 0.3) is 5.56 Å². The molecule has 0 fully saturated rings. The van der Waals surface area contributed by atoms with Crippen LogP contribution in [0, 0.1) is 6.92 Å². The third-order valence-corrected chi connectivity index (χ3v) is 5.81. The molecule has 0 unspecified atom stereocenters. The van der Waals surface area contributed by atoms with Crippen LogP contribution in [0.4, 0.5) is 0 Å². The molecular formula is C22H16N4O3S. The topological polar surface area (TPSA) is 78.5 Å². The number of aryl methyl sites for hydroxylation is 1. The summed E-state index contributed by atoms with van der Waals surface area (Å²) < 4.78 is 8.70. The van der Waals surface area contributed by atoms with E-state index in [0.29, 0.717) is 16.2 Å². The monoisotopic (exact) mass is 416 g/mol. The molecule has 30 heavy (non-hydrogen) atoms. The number of carbonyl (C=O) groups excluding carboxylic acids is 1. The number of fused-ring (bicyclic) bond motifs is 2. The number of benzene rings is 1. The fourth-order valence-corrected chi connectivity index (χ4v) is 4.36. The molecule has 0 bridgehead atoms. The van der Waals surface area contributed by atoms with Crippen molar-refractivity contribution in [3.05, 3.63) is 93.5 Å². The first-order chi connectivity index (χ1) is 14.6. The third-order valence-electron chi connectivity index (χ3n) is 4.72. The van der Waals surface area contributed by atoms with E-state index in [1.54, 1.807) is 30.5 Å². The number of pyridine rings is 1. The number of nitrogens with zero attached hydrogens (tertiary/aromatic N) is 4. The molecule has 148 valence electrons. The molecule has 5 rings (SSSR count). The lowest BCUT2D eigenvalue weighted by molar-refractivity contribution is 0.0473. The van der Waals surface area contributed by atoms with Crippen molar-refractivity contribution >= 4 is 33.2 Å². The third kappa shape index (κ3) is 3.17. The number of ether oxygens (including phenoxy) is 1. The van der Waals surface area contributed by atoms with Crippen molar-refractivity contribution in [1.29, 1.82) is 0 Å². The normalized spacial score (nSPS) is 11.2. The average Bonchev–Trinajstić information content (AvgIpc) is 3.33. The minimum Gasteiger partial charge on any atom is -0.455 e. The number of rotatable bonds is 4. The van der Waals surface area contributed by atoms with Crippen LogP contribution in [0.25, 0.3) is 21.6 Å². The number of thiophene rings is 1. The summed E-state index contributed by atoms with van der Waals surface area (Å²) in [6.45, 7) is 1.84.